The first-order valence-corrected chi connectivity index (χ1v) is 7.99. The average molecular weight is 334 g/mol. The summed E-state index contributed by atoms with van der Waals surface area (Å²) in [6.07, 6.45) is 1.45. The number of amides is 2. The van der Waals surface area contributed by atoms with Crippen LogP contribution in [0.5, 0.6) is 5.75 Å². The number of hydrogen-bond donors (Lipinski definition) is 1. The van der Waals surface area contributed by atoms with Gasteiger partial charge in [-0.15, -0.1) is 0 Å². The third kappa shape index (κ3) is 4.47. The summed E-state index contributed by atoms with van der Waals surface area (Å²) in [4.78, 5) is 36.7. The van der Waals surface area contributed by atoms with Gasteiger partial charge in [0.2, 0.25) is 11.8 Å². The van der Waals surface area contributed by atoms with E-state index < -0.39 is 5.97 Å². The normalized spacial score (nSPS) is 13.8. The summed E-state index contributed by atoms with van der Waals surface area (Å²) in [5, 5.41) is 2.71. The molecule has 130 valence electrons. The van der Waals surface area contributed by atoms with Crippen LogP contribution in [0, 0.1) is 0 Å². The standard InChI is InChI=1S/C17H22N2O5/c1-3-24-17(22)9-8-15(20)18-12-6-7-13(14(11-12)23-2)19-10-4-5-16(19)21/h6-7,11H,3-5,8-10H2,1-2H3,(H,18,20). The molecule has 0 unspecified atom stereocenters. The van der Waals surface area contributed by atoms with Crippen LogP contribution in [0.3, 0.4) is 0 Å². The lowest BCUT2D eigenvalue weighted by atomic mass is 10.2. The molecule has 1 fully saturated rings. The maximum Gasteiger partial charge on any atom is 0.306 e. The second-order valence-corrected chi connectivity index (χ2v) is 5.39. The van der Waals surface area contributed by atoms with E-state index in [9.17, 15) is 14.4 Å². The molecule has 2 amide bonds. The highest BCUT2D eigenvalue weighted by atomic mass is 16.5. The molecule has 1 aromatic carbocycles. The van der Waals surface area contributed by atoms with E-state index in [-0.39, 0.29) is 24.7 Å². The Labute approximate surface area is 140 Å². The van der Waals surface area contributed by atoms with Crippen molar-refractivity contribution in [2.75, 3.05) is 30.5 Å². The van der Waals surface area contributed by atoms with Gasteiger partial charge in [-0.25, -0.2) is 0 Å². The summed E-state index contributed by atoms with van der Waals surface area (Å²) >= 11 is 0. The molecule has 1 N–H and O–H groups in total. The largest absolute Gasteiger partial charge is 0.494 e. The SMILES string of the molecule is CCOC(=O)CCC(=O)Nc1ccc(N2CCCC2=O)c(OC)c1. The van der Waals surface area contributed by atoms with Crippen LogP contribution in [-0.4, -0.2) is 38.0 Å². The first-order valence-electron chi connectivity index (χ1n) is 7.99. The van der Waals surface area contributed by atoms with Crippen molar-refractivity contribution in [1.82, 2.24) is 0 Å². The minimum Gasteiger partial charge on any atom is -0.494 e. The van der Waals surface area contributed by atoms with Crippen molar-refractivity contribution in [3.63, 3.8) is 0 Å². The van der Waals surface area contributed by atoms with Crippen LogP contribution in [0.4, 0.5) is 11.4 Å². The number of nitrogens with zero attached hydrogens (tertiary/aromatic N) is 1. The zero-order valence-electron chi connectivity index (χ0n) is 14.0. The number of ether oxygens (including phenoxy) is 2. The van der Waals surface area contributed by atoms with Gasteiger partial charge in [-0.3, -0.25) is 14.4 Å². The topological polar surface area (TPSA) is 84.9 Å². The molecule has 0 aromatic heterocycles. The number of esters is 1. The Morgan fingerprint density at radius 3 is 2.71 bits per heavy atom. The van der Waals surface area contributed by atoms with E-state index in [0.717, 1.165) is 6.42 Å². The molecule has 0 atom stereocenters. The van der Waals surface area contributed by atoms with Gasteiger partial charge in [-0.2, -0.15) is 0 Å². The van der Waals surface area contributed by atoms with Crippen molar-refractivity contribution >= 4 is 29.2 Å². The Bertz CT molecular complexity index is 629. The Balaban J connectivity index is 2.00. The van der Waals surface area contributed by atoms with E-state index in [1.54, 1.807) is 30.0 Å². The van der Waals surface area contributed by atoms with E-state index in [1.165, 1.54) is 7.11 Å². The third-order valence-electron chi connectivity index (χ3n) is 3.69. The molecule has 7 heteroatoms. The zero-order chi connectivity index (χ0) is 17.5. The Morgan fingerprint density at radius 2 is 2.08 bits per heavy atom. The maximum atomic E-state index is 11.9. The van der Waals surface area contributed by atoms with Gasteiger partial charge in [0.15, 0.2) is 0 Å². The van der Waals surface area contributed by atoms with Gasteiger partial charge in [0, 0.05) is 31.1 Å². The molecule has 0 bridgehead atoms. The highest BCUT2D eigenvalue weighted by Gasteiger charge is 2.24. The lowest BCUT2D eigenvalue weighted by Crippen LogP contribution is -2.24. The fraction of sp³-hybridized carbons (Fsp3) is 0.471. The van der Waals surface area contributed by atoms with E-state index in [0.29, 0.717) is 36.7 Å². The van der Waals surface area contributed by atoms with Crippen LogP contribution in [0.2, 0.25) is 0 Å². The highest BCUT2D eigenvalue weighted by Crippen LogP contribution is 2.33. The number of hydrogen-bond acceptors (Lipinski definition) is 5. The van der Waals surface area contributed by atoms with Crippen molar-refractivity contribution in [2.24, 2.45) is 0 Å². The molecule has 24 heavy (non-hydrogen) atoms. The fourth-order valence-corrected chi connectivity index (χ4v) is 2.55. The summed E-state index contributed by atoms with van der Waals surface area (Å²) in [5.41, 5.74) is 1.25. The van der Waals surface area contributed by atoms with Gasteiger partial charge in [0.25, 0.3) is 0 Å². The molecule has 1 aliphatic rings. The van der Waals surface area contributed by atoms with Gasteiger partial charge >= 0.3 is 5.97 Å². The molecule has 0 aliphatic carbocycles. The van der Waals surface area contributed by atoms with E-state index in [2.05, 4.69) is 5.32 Å². The predicted molar refractivity (Wildman–Crippen MR) is 89.1 cm³/mol. The number of carbonyl (C=O) groups excluding carboxylic acids is 3. The van der Waals surface area contributed by atoms with Crippen molar-refractivity contribution in [3.05, 3.63) is 18.2 Å². The number of nitrogens with one attached hydrogen (secondary N) is 1. The van der Waals surface area contributed by atoms with Crippen LogP contribution < -0.4 is 15.0 Å². The molecular weight excluding hydrogens is 312 g/mol. The van der Waals surface area contributed by atoms with E-state index in [1.807, 2.05) is 0 Å². The monoisotopic (exact) mass is 334 g/mol. The van der Waals surface area contributed by atoms with E-state index in [4.69, 9.17) is 9.47 Å². The number of rotatable bonds is 7. The number of methoxy groups -OCH3 is 1. The molecule has 0 radical (unpaired) electrons. The molecule has 2 rings (SSSR count). The summed E-state index contributed by atoms with van der Waals surface area (Å²) in [6.45, 7) is 2.69. The first kappa shape index (κ1) is 17.8. The maximum absolute atomic E-state index is 11.9. The second-order valence-electron chi connectivity index (χ2n) is 5.39. The quantitative estimate of drug-likeness (QED) is 0.772. The van der Waals surface area contributed by atoms with E-state index >= 15 is 0 Å². The van der Waals surface area contributed by atoms with Crippen LogP contribution in [0.1, 0.15) is 32.6 Å². The summed E-state index contributed by atoms with van der Waals surface area (Å²) < 4.78 is 10.1. The van der Waals surface area contributed by atoms with Crippen LogP contribution in [0.15, 0.2) is 18.2 Å². The van der Waals surface area contributed by atoms with Gasteiger partial charge in [-0.05, 0) is 25.5 Å². The molecule has 1 aromatic rings. The number of benzene rings is 1. The van der Waals surface area contributed by atoms with Gasteiger partial charge in [-0.1, -0.05) is 0 Å². The summed E-state index contributed by atoms with van der Waals surface area (Å²) in [5.74, 6) is -0.0869. The molecule has 1 heterocycles. The summed E-state index contributed by atoms with van der Waals surface area (Å²) in [6, 6.07) is 5.14. The average Bonchev–Trinajstić information content (AvgIpc) is 2.99. The van der Waals surface area contributed by atoms with Gasteiger partial charge < -0.3 is 19.7 Å². The smallest absolute Gasteiger partial charge is 0.306 e. The fourth-order valence-electron chi connectivity index (χ4n) is 2.55. The minimum absolute atomic E-state index is 0.0389. The highest BCUT2D eigenvalue weighted by molar-refractivity contribution is 5.98. The Hall–Kier alpha value is -2.57. The predicted octanol–water partition coefficient (Wildman–Crippen LogP) is 2.10. The Morgan fingerprint density at radius 1 is 1.29 bits per heavy atom. The first-order chi connectivity index (χ1) is 11.5. The lowest BCUT2D eigenvalue weighted by Gasteiger charge is -2.19. The second kappa shape index (κ2) is 8.33. The van der Waals surface area contributed by atoms with Gasteiger partial charge in [0.05, 0.1) is 25.8 Å². The van der Waals surface area contributed by atoms with Gasteiger partial charge in [0.1, 0.15) is 5.75 Å². The van der Waals surface area contributed by atoms with Crippen LogP contribution >= 0.6 is 0 Å². The number of anilines is 2. The molecule has 1 aliphatic heterocycles. The molecule has 0 spiro atoms. The zero-order valence-corrected chi connectivity index (χ0v) is 14.0. The minimum atomic E-state index is -0.395. The van der Waals surface area contributed by atoms with Crippen LogP contribution in [0.25, 0.3) is 0 Å². The Kier molecular flexibility index (Phi) is 6.17. The van der Waals surface area contributed by atoms with Crippen LogP contribution in [-0.2, 0) is 19.1 Å². The third-order valence-corrected chi connectivity index (χ3v) is 3.69. The summed E-state index contributed by atoms with van der Waals surface area (Å²) in [7, 11) is 1.52. The lowest BCUT2D eigenvalue weighted by molar-refractivity contribution is -0.144. The van der Waals surface area contributed by atoms with Crippen molar-refractivity contribution in [2.45, 2.75) is 32.6 Å². The number of carbonyl (C=O) groups is 3. The van der Waals surface area contributed by atoms with Crippen molar-refractivity contribution in [1.29, 1.82) is 0 Å². The van der Waals surface area contributed by atoms with Crippen molar-refractivity contribution in [3.8, 4) is 5.75 Å². The molecule has 1 saturated heterocycles. The molecular formula is C17H22N2O5. The molecule has 0 saturated carbocycles. The molecule has 7 nitrogen and oxygen atoms in total. The van der Waals surface area contributed by atoms with Crippen molar-refractivity contribution < 1.29 is 23.9 Å².